The molecule has 1 amide bonds. The van der Waals surface area contributed by atoms with Crippen LogP contribution in [-0.4, -0.2) is 138 Å². The van der Waals surface area contributed by atoms with E-state index in [9.17, 15) is 54.7 Å². The molecule has 0 unspecified atom stereocenters. The number of aryl methyl sites for hydroxylation is 1. The molecule has 728 valence electrons. The number of hydrazone groups is 2. The van der Waals surface area contributed by atoms with Crippen molar-refractivity contribution in [3.8, 4) is 18.4 Å². The average molecular weight is 2040 g/mol. The highest BCUT2D eigenvalue weighted by Crippen LogP contribution is 2.30. The van der Waals surface area contributed by atoms with E-state index in [1.807, 2.05) is 59.2 Å². The number of nitrogens with two attached hydrogens (primary N) is 4. The van der Waals surface area contributed by atoms with E-state index in [0.717, 1.165) is 42.1 Å². The number of nitrogens with zero attached hydrogens (tertiary/aromatic N) is 12. The van der Waals surface area contributed by atoms with Crippen LogP contribution in [0.5, 0.6) is 0 Å². The third-order valence-electron chi connectivity index (χ3n) is 16.3. The third-order valence-corrected chi connectivity index (χ3v) is 17.9. The van der Waals surface area contributed by atoms with Gasteiger partial charge in [-0.3, -0.25) is 4.79 Å². The van der Waals surface area contributed by atoms with E-state index in [0.29, 0.717) is 120 Å². The number of amidine groups is 4. The number of aliphatic carboxylic acids is 1. The van der Waals surface area contributed by atoms with Crippen LogP contribution in [0.1, 0.15) is 158 Å². The minimum absolute atomic E-state index is 0.0180. The number of allylic oxidation sites excluding steroid dienone is 4. The van der Waals surface area contributed by atoms with Crippen LogP contribution in [-0.2, 0) is 43.0 Å². The van der Waals surface area contributed by atoms with Gasteiger partial charge in [-0.05, 0) is 235 Å². The van der Waals surface area contributed by atoms with Crippen LogP contribution in [0.3, 0.4) is 0 Å². The zero-order valence-corrected chi connectivity index (χ0v) is 80.6. The number of oxime groups is 2. The summed E-state index contributed by atoms with van der Waals surface area (Å²) in [5, 5.41) is 54.8. The highest BCUT2D eigenvalue weighted by Gasteiger charge is 2.25. The number of halogens is 14. The number of amides is 1. The van der Waals surface area contributed by atoms with Crippen molar-refractivity contribution in [1.82, 2.24) is 30.9 Å². The number of nitriles is 1. The van der Waals surface area contributed by atoms with Crippen molar-refractivity contribution in [2.75, 3.05) is 19.8 Å². The zero-order chi connectivity index (χ0) is 103. The Labute approximate surface area is 819 Å². The summed E-state index contributed by atoms with van der Waals surface area (Å²) >= 11 is 39.3. The van der Waals surface area contributed by atoms with Gasteiger partial charge in [0.1, 0.15) is 93.3 Å². The monoisotopic (exact) mass is 2040 g/mol. The lowest BCUT2D eigenvalue weighted by molar-refractivity contribution is -0.139. The number of ether oxygens (including phenoxy) is 3. The Morgan fingerprint density at radius 2 is 0.927 bits per heavy atom. The molecular weight excluding hydrogens is 1940 g/mol. The maximum absolute atomic E-state index is 14.0. The number of terminal acetylenes is 1. The molecule has 0 bridgehead atoms. The fraction of sp³-hybridized carbons (Fsp3) is 0.239. The quantitative estimate of drug-likeness (QED) is 0.00273. The number of esters is 3. The summed E-state index contributed by atoms with van der Waals surface area (Å²) in [6.45, 7) is 23.2. The summed E-state index contributed by atoms with van der Waals surface area (Å²) < 4.78 is 110. The maximum atomic E-state index is 14.0. The van der Waals surface area contributed by atoms with Gasteiger partial charge in [0.15, 0.2) is 17.5 Å². The minimum atomic E-state index is -1.11. The molecule has 8 aromatic rings. The standard InChI is InChI=1S/C16H18ClFN4O.C16H16ClFN4.C13H11ClFNO2.C12H12ClFN2O3.C11H7ClFNO2.C7H6ClFN2O.C7H3ClFN.C5H13N3.C5H6O2.H3NO/c1-9(2)21-22-10(3)19-16(23)15-7-6-14(20-15)12-5-4-11(17)8-13(12)18;1-9(2)22-16(19-10(3)21-22)15-7-6-14(20-15)12-5-4-11(17)8-13(12)18;1-2-18-13(17)12-6-5-11(16-12)9-4-3-8(14)7-10(9)15;1-2-18-11(17)5-6-19-16-12(15)9-4-3-8(13)7-10(9)14;12-6-1-2-7(8(13)5-6)9-3-4-10(14-9)11(15)16;8-4-1-2-5(6(9)3-4)7(10)11-12;8-6-2-1-5(4-10)7(9)3-6;1-4(2)7-8-5(3)6;1-3-5(6)7-4-2;1-2/h4-5,7-9,21H,6H2,1-3H3,(H,19,22,23);4-5,7-9H,6H2,1-3H3;3-4,6-7H,2,5H2,1H3;3-7H,2H2,1H3,(H2,15,16);1-2,4-5H,3H2,(H,15,16);1-3,12H,(H2,10,11);1-3H;4,7H,1-3H3,(H2,6,8);1H,4H2,2H3;2H,1H2. The molecule has 0 spiro atoms. The zero-order valence-electron chi connectivity index (χ0n) is 75.3. The lowest BCUT2D eigenvalue weighted by Gasteiger charge is -2.08. The summed E-state index contributed by atoms with van der Waals surface area (Å²) in [4.78, 5) is 80.8. The second kappa shape index (κ2) is 61.2. The van der Waals surface area contributed by atoms with E-state index in [1.165, 1.54) is 72.8 Å². The molecule has 1 aromatic heterocycles. The number of nitrogens with one attached hydrogen (secondary N) is 3. The average Bonchev–Trinajstić information content (AvgIpc) is 1.66. The molecule has 0 fully saturated rings. The van der Waals surface area contributed by atoms with E-state index >= 15 is 0 Å². The van der Waals surface area contributed by atoms with Crippen LogP contribution in [0.25, 0.3) is 5.70 Å². The van der Waals surface area contributed by atoms with Gasteiger partial charge in [0.25, 0.3) is 5.91 Å². The maximum Gasteiger partial charge on any atom is 0.384 e. The molecular formula is C92H95Cl7F7N19O12. The van der Waals surface area contributed by atoms with Crippen molar-refractivity contribution in [3.63, 3.8) is 0 Å². The second-order valence-corrected chi connectivity index (χ2v) is 30.9. The Hall–Kier alpha value is -13.8. The lowest BCUT2D eigenvalue weighted by atomic mass is 10.1. The number of carboxylic acid groups (broad SMARTS) is 1. The molecule has 4 aliphatic rings. The van der Waals surface area contributed by atoms with Gasteiger partial charge in [-0.25, -0.2) is 85.4 Å². The fourth-order valence-electron chi connectivity index (χ4n) is 10.3. The van der Waals surface area contributed by atoms with Gasteiger partial charge in [-0.15, -0.1) is 6.42 Å². The number of rotatable bonds is 21. The number of aliphatic imine (C=N–C) groups is 4. The summed E-state index contributed by atoms with van der Waals surface area (Å²) in [7, 11) is 0. The summed E-state index contributed by atoms with van der Waals surface area (Å²) in [5.74, 6) is 0.584. The molecule has 14 N–H and O–H groups in total. The highest BCUT2D eigenvalue weighted by molar-refractivity contribution is 6.33. The lowest BCUT2D eigenvalue weighted by Crippen LogP contribution is -2.31. The molecule has 4 aliphatic heterocycles. The van der Waals surface area contributed by atoms with E-state index in [-0.39, 0.29) is 98.1 Å². The highest BCUT2D eigenvalue weighted by atomic mass is 35.5. The number of hydrogen-bond acceptors (Lipinski definition) is 25. The Kier molecular flexibility index (Phi) is 52.5. The van der Waals surface area contributed by atoms with E-state index in [4.69, 9.17) is 124 Å². The third kappa shape index (κ3) is 41.9. The van der Waals surface area contributed by atoms with Crippen LogP contribution in [0, 0.1) is 71.3 Å². The second-order valence-electron chi connectivity index (χ2n) is 27.9. The van der Waals surface area contributed by atoms with Gasteiger partial charge in [-0.2, -0.15) is 20.6 Å². The number of carbonyl (C=O) groups excluding carboxylic acids is 4. The van der Waals surface area contributed by atoms with Gasteiger partial charge in [-0.1, -0.05) is 91.5 Å². The first-order valence-electron chi connectivity index (χ1n) is 40.3. The van der Waals surface area contributed by atoms with Gasteiger partial charge in [0.05, 0.1) is 65.4 Å². The van der Waals surface area contributed by atoms with E-state index in [1.54, 1.807) is 101 Å². The van der Waals surface area contributed by atoms with Gasteiger partial charge in [0, 0.05) is 107 Å². The molecule has 7 aromatic carbocycles. The van der Waals surface area contributed by atoms with Crippen molar-refractivity contribution in [3.05, 3.63) is 308 Å². The van der Waals surface area contributed by atoms with Crippen molar-refractivity contribution in [2.45, 2.75) is 127 Å². The Morgan fingerprint density at radius 3 is 1.30 bits per heavy atom. The summed E-state index contributed by atoms with van der Waals surface area (Å²) in [5.41, 5.74) is 26.4. The fourth-order valence-corrected chi connectivity index (χ4v) is 11.5. The van der Waals surface area contributed by atoms with Gasteiger partial charge in [0.2, 0.25) is 0 Å². The van der Waals surface area contributed by atoms with Crippen molar-refractivity contribution < 1.29 is 89.3 Å². The molecule has 0 saturated heterocycles. The largest absolute Gasteiger partial charge is 0.477 e. The van der Waals surface area contributed by atoms with Crippen molar-refractivity contribution in [2.24, 2.45) is 63.6 Å². The van der Waals surface area contributed by atoms with E-state index < -0.39 is 58.8 Å². The van der Waals surface area contributed by atoms with Gasteiger partial charge < -0.3 is 67.9 Å². The molecule has 5 heterocycles. The molecule has 31 nitrogen and oxygen atoms in total. The first kappa shape index (κ1) is 117. The SMILES string of the molecule is C#CC(=O)OCC.C/C(N)=N/NC(C)C.CC(=NNC(C)C)NC(=O)C1=CCC(c2ccc(Cl)cc2F)=N1.CCOC(=O)C1=CCC(c2ccc(Cl)cc2F)=N1.CCOC(=O)C=CON=C(N)c1ccc(Cl)cc1F.Cc1nc(C2=CCC(c3ccc(Cl)cc3F)=N2)n(C(C)C)n1.N#Cc1ccc(Cl)cc1F.NC(=NO)c1ccc(Cl)cc1F.NO.O=C(O)C1=CCC(c2ccc(Cl)cc2F)=N1. The molecule has 0 saturated carbocycles. The van der Waals surface area contributed by atoms with Crippen molar-refractivity contribution >= 4 is 163 Å². The molecule has 12 rings (SSSR count). The number of aromatic nitrogens is 3. The number of hydrogen-bond donors (Lipinski definition) is 10. The number of carboxylic acids is 1. The Bertz CT molecular complexity index is 6080. The Balaban J connectivity index is 0.000000404. The van der Waals surface area contributed by atoms with Crippen LogP contribution >= 0.6 is 81.2 Å². The molecule has 137 heavy (non-hydrogen) atoms. The minimum Gasteiger partial charge on any atom is -0.477 e. The topological polar surface area (TPSA) is 477 Å². The molecule has 0 radical (unpaired) electrons. The normalized spacial score (nSPS) is 12.7. The first-order valence-corrected chi connectivity index (χ1v) is 42.9. The predicted octanol–water partition coefficient (Wildman–Crippen LogP) is 18.9. The predicted molar refractivity (Wildman–Crippen MR) is 517 cm³/mol. The number of benzene rings is 7. The summed E-state index contributed by atoms with van der Waals surface area (Å²) in [6.07, 6.45) is 15.0. The van der Waals surface area contributed by atoms with E-state index in [2.05, 4.69) is 93.4 Å². The van der Waals surface area contributed by atoms with Crippen molar-refractivity contribution in [1.29, 1.82) is 5.26 Å². The Morgan fingerprint density at radius 1 is 0.540 bits per heavy atom. The first-order chi connectivity index (χ1) is 64.9. The molecule has 0 atom stereocenters. The van der Waals surface area contributed by atoms with Crippen LogP contribution in [0.2, 0.25) is 35.2 Å². The molecule has 0 aliphatic carbocycles. The number of carbonyl (C=O) groups is 5. The van der Waals surface area contributed by atoms with Gasteiger partial charge >= 0.3 is 23.9 Å². The summed E-state index contributed by atoms with van der Waals surface area (Å²) in [6, 6.07) is 31.8. The van der Waals surface area contributed by atoms with Crippen LogP contribution in [0.4, 0.5) is 30.7 Å². The van der Waals surface area contributed by atoms with Crippen LogP contribution in [0.15, 0.2) is 222 Å². The smallest absolute Gasteiger partial charge is 0.384 e. The molecule has 45 heteroatoms. The van der Waals surface area contributed by atoms with Crippen LogP contribution < -0.4 is 39.3 Å².